The first kappa shape index (κ1) is 27.4. The van der Waals surface area contributed by atoms with E-state index >= 15 is 0 Å². The normalized spacial score (nSPS) is 12.0. The standard InChI is InChI=1S/C26H21F3N2O5S2/c1-38(34,35)21-11-5-10-20-22(21)24(32)23(25(33)37-16-6-9-17-7-3-2-4-8-17)30-31(20)18-12-14-19(15-13-18)36-26(27,28)29/h2-5,7-8,10-15H,6,9,16H2,1H3. The van der Waals surface area contributed by atoms with Gasteiger partial charge in [-0.1, -0.05) is 48.2 Å². The summed E-state index contributed by atoms with van der Waals surface area (Å²) in [6.45, 7) is 0. The Morgan fingerprint density at radius 3 is 2.32 bits per heavy atom. The minimum Gasteiger partial charge on any atom is -0.406 e. The summed E-state index contributed by atoms with van der Waals surface area (Å²) in [5, 5.41) is 3.34. The van der Waals surface area contributed by atoms with E-state index in [4.69, 9.17) is 0 Å². The number of nitrogens with zero attached hydrogens (tertiary/aromatic N) is 2. The average Bonchev–Trinajstić information content (AvgIpc) is 2.86. The highest BCUT2D eigenvalue weighted by atomic mass is 32.2. The number of halogens is 3. The fraction of sp³-hybridized carbons (Fsp3) is 0.192. The van der Waals surface area contributed by atoms with Crippen LogP contribution in [-0.2, 0) is 16.3 Å². The molecule has 0 amide bonds. The molecule has 0 saturated carbocycles. The Kier molecular flexibility index (Phi) is 7.93. The van der Waals surface area contributed by atoms with Crippen molar-refractivity contribution in [3.63, 3.8) is 0 Å². The van der Waals surface area contributed by atoms with E-state index in [9.17, 15) is 31.2 Å². The molecule has 0 aliphatic heterocycles. The zero-order valence-electron chi connectivity index (χ0n) is 19.9. The predicted octanol–water partition coefficient (Wildman–Crippen LogP) is 5.19. The highest BCUT2D eigenvalue weighted by molar-refractivity contribution is 8.14. The Hall–Kier alpha value is -3.64. The van der Waals surface area contributed by atoms with Crippen LogP contribution in [0, 0.1) is 0 Å². The smallest absolute Gasteiger partial charge is 0.406 e. The van der Waals surface area contributed by atoms with Crippen molar-refractivity contribution < 1.29 is 31.1 Å². The molecule has 0 atom stereocenters. The number of ether oxygens (including phenoxy) is 1. The van der Waals surface area contributed by atoms with E-state index in [1.807, 2.05) is 30.3 Å². The number of carbonyl (C=O) groups excluding carboxylic acids is 1. The Morgan fingerprint density at radius 1 is 1.00 bits per heavy atom. The lowest BCUT2D eigenvalue weighted by atomic mass is 10.1. The molecule has 0 bridgehead atoms. The second-order valence-electron chi connectivity index (χ2n) is 8.28. The number of aryl methyl sites for hydroxylation is 1. The number of carbonyl (C=O) groups is 1. The molecular weight excluding hydrogens is 541 g/mol. The molecule has 1 aromatic heterocycles. The van der Waals surface area contributed by atoms with Crippen LogP contribution in [0.25, 0.3) is 16.6 Å². The molecule has 4 aromatic rings. The summed E-state index contributed by atoms with van der Waals surface area (Å²) >= 11 is 0.888. The van der Waals surface area contributed by atoms with Crippen molar-refractivity contribution in [3.05, 3.63) is 94.3 Å². The van der Waals surface area contributed by atoms with Crippen LogP contribution in [0.2, 0.25) is 0 Å². The lowest BCUT2D eigenvalue weighted by Gasteiger charge is -2.14. The van der Waals surface area contributed by atoms with Crippen molar-refractivity contribution >= 4 is 37.6 Å². The monoisotopic (exact) mass is 562 g/mol. The third kappa shape index (κ3) is 6.43. The van der Waals surface area contributed by atoms with Crippen LogP contribution in [-0.4, -0.2) is 41.7 Å². The second kappa shape index (κ2) is 11.0. The first-order chi connectivity index (χ1) is 17.9. The van der Waals surface area contributed by atoms with Gasteiger partial charge in [0.2, 0.25) is 10.5 Å². The van der Waals surface area contributed by atoms with E-state index in [2.05, 4.69) is 9.84 Å². The molecule has 0 saturated heterocycles. The third-order valence-electron chi connectivity index (χ3n) is 5.47. The number of sulfone groups is 1. The van der Waals surface area contributed by atoms with Crippen molar-refractivity contribution in [2.45, 2.75) is 24.1 Å². The van der Waals surface area contributed by atoms with Crippen LogP contribution in [0.1, 0.15) is 22.5 Å². The van der Waals surface area contributed by atoms with Gasteiger partial charge in [-0.15, -0.1) is 13.2 Å². The van der Waals surface area contributed by atoms with Crippen molar-refractivity contribution in [3.8, 4) is 11.4 Å². The van der Waals surface area contributed by atoms with Crippen molar-refractivity contribution in [2.75, 3.05) is 12.0 Å². The summed E-state index contributed by atoms with van der Waals surface area (Å²) in [5.74, 6) is -0.0851. The number of thioether (sulfide) groups is 1. The topological polar surface area (TPSA) is 95.3 Å². The molecule has 0 aliphatic rings. The van der Waals surface area contributed by atoms with Gasteiger partial charge in [0.25, 0.3) is 0 Å². The highest BCUT2D eigenvalue weighted by Gasteiger charge is 2.31. The zero-order valence-corrected chi connectivity index (χ0v) is 21.6. The number of aromatic nitrogens is 2. The molecule has 38 heavy (non-hydrogen) atoms. The quantitative estimate of drug-likeness (QED) is 0.273. The van der Waals surface area contributed by atoms with Gasteiger partial charge in [-0.3, -0.25) is 9.59 Å². The van der Waals surface area contributed by atoms with E-state index in [0.717, 1.165) is 42.1 Å². The molecule has 0 aliphatic carbocycles. The largest absolute Gasteiger partial charge is 0.573 e. The molecule has 7 nitrogen and oxygen atoms in total. The second-order valence-corrected chi connectivity index (χ2v) is 11.3. The van der Waals surface area contributed by atoms with Gasteiger partial charge in [0.15, 0.2) is 15.5 Å². The van der Waals surface area contributed by atoms with Crippen molar-refractivity contribution in [2.24, 2.45) is 0 Å². The summed E-state index contributed by atoms with van der Waals surface area (Å²) in [6, 6.07) is 18.4. The SMILES string of the molecule is CS(=O)(=O)c1cccc2c1c(=O)c(C(=O)SCCCc1ccccc1)nn2-c1ccc(OC(F)(F)F)cc1. The summed E-state index contributed by atoms with van der Waals surface area (Å²) < 4.78 is 67.7. The maximum atomic E-state index is 13.4. The molecular formula is C26H21F3N2O5S2. The number of hydrogen-bond acceptors (Lipinski definition) is 7. The summed E-state index contributed by atoms with van der Waals surface area (Å²) in [7, 11) is -3.88. The predicted molar refractivity (Wildman–Crippen MR) is 139 cm³/mol. The third-order valence-corrected chi connectivity index (χ3v) is 7.56. The Balaban J connectivity index is 1.74. The van der Waals surface area contributed by atoms with Crippen molar-refractivity contribution in [1.29, 1.82) is 0 Å². The van der Waals surface area contributed by atoms with E-state index in [0.29, 0.717) is 12.2 Å². The number of alkyl halides is 3. The van der Waals surface area contributed by atoms with Gasteiger partial charge in [-0.25, -0.2) is 13.1 Å². The number of benzene rings is 3. The van der Waals surface area contributed by atoms with Gasteiger partial charge in [0.1, 0.15) is 5.75 Å². The first-order valence-corrected chi connectivity index (χ1v) is 14.1. The summed E-state index contributed by atoms with van der Waals surface area (Å²) in [4.78, 5) is 26.2. The fourth-order valence-electron chi connectivity index (χ4n) is 3.82. The molecule has 12 heteroatoms. The molecule has 1 heterocycles. The minimum absolute atomic E-state index is 0.0769. The molecule has 0 spiro atoms. The van der Waals surface area contributed by atoms with Gasteiger partial charge in [0, 0.05) is 12.0 Å². The number of rotatable bonds is 8. The van der Waals surface area contributed by atoms with Crippen LogP contribution >= 0.6 is 11.8 Å². The Morgan fingerprint density at radius 2 is 1.68 bits per heavy atom. The van der Waals surface area contributed by atoms with Gasteiger partial charge >= 0.3 is 6.36 Å². The van der Waals surface area contributed by atoms with Crippen LogP contribution in [0.3, 0.4) is 0 Å². The van der Waals surface area contributed by atoms with Gasteiger partial charge in [0.05, 0.1) is 21.5 Å². The summed E-state index contributed by atoms with van der Waals surface area (Å²) in [5.41, 5.74) is 0.0533. The average molecular weight is 563 g/mol. The van der Waals surface area contributed by atoms with E-state index < -0.39 is 38.2 Å². The van der Waals surface area contributed by atoms with Crippen LogP contribution in [0.15, 0.2) is 82.5 Å². The lowest BCUT2D eigenvalue weighted by molar-refractivity contribution is -0.274. The fourth-order valence-corrected chi connectivity index (χ4v) is 5.46. The van der Waals surface area contributed by atoms with E-state index in [1.165, 1.54) is 35.0 Å². The van der Waals surface area contributed by atoms with Crippen molar-refractivity contribution in [1.82, 2.24) is 9.78 Å². The molecule has 3 aromatic carbocycles. The van der Waals surface area contributed by atoms with Crippen LogP contribution in [0.4, 0.5) is 13.2 Å². The Bertz CT molecular complexity index is 1640. The highest BCUT2D eigenvalue weighted by Crippen LogP contribution is 2.27. The first-order valence-electron chi connectivity index (χ1n) is 11.3. The summed E-state index contributed by atoms with van der Waals surface area (Å²) in [6.07, 6.45) is -2.57. The molecule has 0 radical (unpaired) electrons. The van der Waals surface area contributed by atoms with Crippen LogP contribution in [0.5, 0.6) is 5.75 Å². The van der Waals surface area contributed by atoms with Gasteiger partial charge < -0.3 is 4.74 Å². The minimum atomic E-state index is -4.88. The van der Waals surface area contributed by atoms with Crippen LogP contribution < -0.4 is 10.2 Å². The van der Waals surface area contributed by atoms with E-state index in [1.54, 1.807) is 0 Å². The molecule has 0 unspecified atom stereocenters. The lowest BCUT2D eigenvalue weighted by Crippen LogP contribution is -2.23. The Labute approximate surface area is 220 Å². The maximum Gasteiger partial charge on any atom is 0.573 e. The number of hydrogen-bond donors (Lipinski definition) is 0. The number of fused-ring (bicyclic) bond motifs is 1. The van der Waals surface area contributed by atoms with Gasteiger partial charge in [-0.2, -0.15) is 5.10 Å². The zero-order chi connectivity index (χ0) is 27.5. The molecule has 198 valence electrons. The molecule has 4 rings (SSSR count). The van der Waals surface area contributed by atoms with E-state index in [-0.39, 0.29) is 21.5 Å². The maximum absolute atomic E-state index is 13.4. The molecule has 0 N–H and O–H groups in total. The van der Waals surface area contributed by atoms with Gasteiger partial charge in [-0.05, 0) is 54.8 Å². The molecule has 0 fully saturated rings.